The molecule has 98 valence electrons. The van der Waals surface area contributed by atoms with E-state index < -0.39 is 0 Å². The number of hydrogen-bond acceptors (Lipinski definition) is 2. The molecule has 2 amide bonds. The summed E-state index contributed by atoms with van der Waals surface area (Å²) in [5.41, 5.74) is 0. The van der Waals surface area contributed by atoms with E-state index in [9.17, 15) is 4.79 Å². The smallest absolute Gasteiger partial charge is 0.317 e. The SMILES string of the molecule is CCCNC1CCCN(C(=O)NC2CCC2)C1. The number of urea groups is 1. The lowest BCUT2D eigenvalue weighted by molar-refractivity contribution is 0.164. The van der Waals surface area contributed by atoms with Crippen LogP contribution in [-0.4, -0.2) is 42.6 Å². The molecule has 0 aromatic rings. The molecule has 0 aromatic carbocycles. The van der Waals surface area contributed by atoms with Crippen LogP contribution in [0.5, 0.6) is 0 Å². The number of amides is 2. The minimum Gasteiger partial charge on any atom is -0.335 e. The highest BCUT2D eigenvalue weighted by Crippen LogP contribution is 2.19. The molecule has 1 aliphatic carbocycles. The fraction of sp³-hybridized carbons (Fsp3) is 0.923. The highest BCUT2D eigenvalue weighted by molar-refractivity contribution is 5.74. The number of carbonyl (C=O) groups excluding carboxylic acids is 1. The van der Waals surface area contributed by atoms with E-state index in [-0.39, 0.29) is 6.03 Å². The van der Waals surface area contributed by atoms with Crippen molar-refractivity contribution in [1.29, 1.82) is 0 Å². The molecule has 1 unspecified atom stereocenters. The summed E-state index contributed by atoms with van der Waals surface area (Å²) < 4.78 is 0. The van der Waals surface area contributed by atoms with Crippen molar-refractivity contribution in [3.05, 3.63) is 0 Å². The maximum atomic E-state index is 12.0. The van der Waals surface area contributed by atoms with Crippen LogP contribution < -0.4 is 10.6 Å². The molecule has 0 aromatic heterocycles. The van der Waals surface area contributed by atoms with Gasteiger partial charge in [-0.05, 0) is 45.1 Å². The Morgan fingerprint density at radius 1 is 1.24 bits per heavy atom. The molecule has 2 aliphatic rings. The lowest BCUT2D eigenvalue weighted by atomic mass is 9.93. The maximum absolute atomic E-state index is 12.0. The Morgan fingerprint density at radius 3 is 2.65 bits per heavy atom. The summed E-state index contributed by atoms with van der Waals surface area (Å²) in [4.78, 5) is 14.0. The predicted molar refractivity (Wildman–Crippen MR) is 69.1 cm³/mol. The molecule has 4 nitrogen and oxygen atoms in total. The third-order valence-electron chi connectivity index (χ3n) is 3.82. The number of rotatable bonds is 4. The van der Waals surface area contributed by atoms with Crippen molar-refractivity contribution in [1.82, 2.24) is 15.5 Å². The van der Waals surface area contributed by atoms with Crippen LogP contribution in [0.4, 0.5) is 4.79 Å². The first kappa shape index (κ1) is 12.7. The van der Waals surface area contributed by atoms with Crippen molar-refractivity contribution in [3.63, 3.8) is 0 Å². The number of piperidine rings is 1. The molecular formula is C13H25N3O. The molecule has 2 rings (SSSR count). The van der Waals surface area contributed by atoms with Crippen LogP contribution in [0.1, 0.15) is 45.4 Å². The summed E-state index contributed by atoms with van der Waals surface area (Å²) >= 11 is 0. The Kier molecular flexibility index (Phi) is 4.66. The van der Waals surface area contributed by atoms with Gasteiger partial charge in [0.15, 0.2) is 0 Å². The van der Waals surface area contributed by atoms with Gasteiger partial charge < -0.3 is 15.5 Å². The monoisotopic (exact) mass is 239 g/mol. The molecule has 2 fully saturated rings. The molecule has 0 spiro atoms. The Balaban J connectivity index is 1.73. The number of nitrogens with one attached hydrogen (secondary N) is 2. The normalized spacial score (nSPS) is 25.5. The Labute approximate surface area is 104 Å². The lowest BCUT2D eigenvalue weighted by Crippen LogP contribution is -2.53. The summed E-state index contributed by atoms with van der Waals surface area (Å²) in [5.74, 6) is 0. The van der Waals surface area contributed by atoms with Crippen LogP contribution in [-0.2, 0) is 0 Å². The molecule has 2 N–H and O–H groups in total. The molecule has 0 radical (unpaired) electrons. The first-order valence-corrected chi connectivity index (χ1v) is 7.08. The van der Waals surface area contributed by atoms with E-state index in [0.29, 0.717) is 12.1 Å². The molecular weight excluding hydrogens is 214 g/mol. The van der Waals surface area contributed by atoms with Crippen molar-refractivity contribution < 1.29 is 4.79 Å². The zero-order valence-corrected chi connectivity index (χ0v) is 10.9. The molecule has 0 bridgehead atoms. The predicted octanol–water partition coefficient (Wildman–Crippen LogP) is 1.71. The zero-order chi connectivity index (χ0) is 12.1. The summed E-state index contributed by atoms with van der Waals surface area (Å²) in [6.45, 7) is 5.03. The Morgan fingerprint density at radius 2 is 2.00 bits per heavy atom. The number of nitrogens with zero attached hydrogens (tertiary/aromatic N) is 1. The van der Waals surface area contributed by atoms with Crippen molar-refractivity contribution in [2.45, 2.75) is 57.5 Å². The van der Waals surface area contributed by atoms with E-state index in [0.717, 1.165) is 45.3 Å². The Hall–Kier alpha value is -0.770. The quantitative estimate of drug-likeness (QED) is 0.784. The van der Waals surface area contributed by atoms with Gasteiger partial charge in [-0.25, -0.2) is 4.79 Å². The molecule has 1 atom stereocenters. The lowest BCUT2D eigenvalue weighted by Gasteiger charge is -2.36. The van der Waals surface area contributed by atoms with E-state index in [1.54, 1.807) is 0 Å². The average molecular weight is 239 g/mol. The second-order valence-electron chi connectivity index (χ2n) is 5.32. The van der Waals surface area contributed by atoms with E-state index in [1.165, 1.54) is 12.8 Å². The van der Waals surface area contributed by atoms with Crippen molar-refractivity contribution >= 4 is 6.03 Å². The summed E-state index contributed by atoms with van der Waals surface area (Å²) in [7, 11) is 0. The first-order chi connectivity index (χ1) is 8.29. The molecule has 17 heavy (non-hydrogen) atoms. The van der Waals surface area contributed by atoms with Crippen LogP contribution in [0.3, 0.4) is 0 Å². The minimum absolute atomic E-state index is 0.151. The highest BCUT2D eigenvalue weighted by atomic mass is 16.2. The van der Waals surface area contributed by atoms with Crippen molar-refractivity contribution in [3.8, 4) is 0 Å². The van der Waals surface area contributed by atoms with Crippen molar-refractivity contribution in [2.24, 2.45) is 0 Å². The number of likely N-dealkylation sites (tertiary alicyclic amines) is 1. The largest absolute Gasteiger partial charge is 0.335 e. The van der Waals surface area contributed by atoms with Gasteiger partial charge in [-0.15, -0.1) is 0 Å². The van der Waals surface area contributed by atoms with Gasteiger partial charge in [0.2, 0.25) is 0 Å². The standard InChI is InChI=1S/C13H25N3O/c1-2-8-14-12-7-4-9-16(10-12)13(17)15-11-5-3-6-11/h11-12,14H,2-10H2,1H3,(H,15,17). The van der Waals surface area contributed by atoms with Crippen LogP contribution in [0.2, 0.25) is 0 Å². The number of hydrogen-bond donors (Lipinski definition) is 2. The van der Waals surface area contributed by atoms with Gasteiger partial charge >= 0.3 is 6.03 Å². The minimum atomic E-state index is 0.151. The highest BCUT2D eigenvalue weighted by Gasteiger charge is 2.26. The number of carbonyl (C=O) groups is 1. The fourth-order valence-electron chi connectivity index (χ4n) is 2.50. The molecule has 1 saturated carbocycles. The van der Waals surface area contributed by atoms with Gasteiger partial charge in [-0.2, -0.15) is 0 Å². The molecule has 1 saturated heterocycles. The third kappa shape index (κ3) is 3.60. The molecule has 4 heteroatoms. The van der Waals surface area contributed by atoms with Crippen LogP contribution in [0.15, 0.2) is 0 Å². The van der Waals surface area contributed by atoms with Crippen LogP contribution in [0.25, 0.3) is 0 Å². The zero-order valence-electron chi connectivity index (χ0n) is 10.9. The van der Waals surface area contributed by atoms with E-state index >= 15 is 0 Å². The molecule has 1 heterocycles. The van der Waals surface area contributed by atoms with Gasteiger partial charge in [0.05, 0.1) is 0 Å². The fourth-order valence-corrected chi connectivity index (χ4v) is 2.50. The van der Waals surface area contributed by atoms with Gasteiger partial charge in [0.1, 0.15) is 0 Å². The third-order valence-corrected chi connectivity index (χ3v) is 3.82. The van der Waals surface area contributed by atoms with Gasteiger partial charge in [-0.1, -0.05) is 6.92 Å². The summed E-state index contributed by atoms with van der Waals surface area (Å²) in [6.07, 6.45) is 7.08. The summed E-state index contributed by atoms with van der Waals surface area (Å²) in [5, 5.41) is 6.64. The second-order valence-corrected chi connectivity index (χ2v) is 5.32. The van der Waals surface area contributed by atoms with Gasteiger partial charge in [0.25, 0.3) is 0 Å². The summed E-state index contributed by atoms with van der Waals surface area (Å²) in [6, 6.07) is 1.10. The van der Waals surface area contributed by atoms with E-state index in [1.807, 2.05) is 4.90 Å². The van der Waals surface area contributed by atoms with Crippen LogP contribution in [0, 0.1) is 0 Å². The molecule has 1 aliphatic heterocycles. The average Bonchev–Trinajstić information content (AvgIpc) is 2.31. The first-order valence-electron chi connectivity index (χ1n) is 7.08. The van der Waals surface area contributed by atoms with E-state index in [2.05, 4.69) is 17.6 Å². The van der Waals surface area contributed by atoms with Crippen LogP contribution >= 0.6 is 0 Å². The topological polar surface area (TPSA) is 44.4 Å². The van der Waals surface area contributed by atoms with Gasteiger partial charge in [0, 0.05) is 25.2 Å². The second kappa shape index (κ2) is 6.24. The van der Waals surface area contributed by atoms with E-state index in [4.69, 9.17) is 0 Å². The Bertz CT molecular complexity index is 253. The van der Waals surface area contributed by atoms with Gasteiger partial charge in [-0.3, -0.25) is 0 Å². The van der Waals surface area contributed by atoms with Crippen molar-refractivity contribution in [2.75, 3.05) is 19.6 Å². The maximum Gasteiger partial charge on any atom is 0.317 e.